The highest BCUT2D eigenvalue weighted by Gasteiger charge is 2.31. The molecule has 0 saturated heterocycles. The van der Waals surface area contributed by atoms with Gasteiger partial charge in [-0.25, -0.2) is 0 Å². The summed E-state index contributed by atoms with van der Waals surface area (Å²) in [5, 5.41) is 0. The molecule has 0 aromatic heterocycles. The minimum absolute atomic E-state index is 0.777. The van der Waals surface area contributed by atoms with Crippen molar-refractivity contribution in [2.24, 2.45) is 23.7 Å². The van der Waals surface area contributed by atoms with Crippen LogP contribution in [0.1, 0.15) is 78.1 Å². The molecule has 3 rings (SSSR count). The van der Waals surface area contributed by atoms with Crippen LogP contribution in [0, 0.1) is 23.7 Å². The summed E-state index contributed by atoms with van der Waals surface area (Å²) >= 11 is 0. The highest BCUT2D eigenvalue weighted by atomic mass is 14.4. The molecule has 0 heteroatoms. The molecule has 0 bridgehead atoms. The molecule has 2 atom stereocenters. The van der Waals surface area contributed by atoms with E-state index in [0.717, 1.165) is 23.7 Å². The maximum absolute atomic E-state index is 2.54. The smallest absolute Gasteiger partial charge is 0.0192 e. The molecule has 2 saturated carbocycles. The number of hydrogen-bond donors (Lipinski definition) is 0. The molecule has 0 radical (unpaired) electrons. The fourth-order valence-corrected chi connectivity index (χ4v) is 5.28. The Morgan fingerprint density at radius 2 is 1.14 bits per heavy atom. The summed E-state index contributed by atoms with van der Waals surface area (Å²) in [7, 11) is 0. The summed E-state index contributed by atoms with van der Waals surface area (Å²) in [5.74, 6) is 3.42. The van der Waals surface area contributed by atoms with Crippen LogP contribution in [0.2, 0.25) is 0 Å². The lowest BCUT2D eigenvalue weighted by Crippen LogP contribution is -2.26. The molecule has 0 heterocycles. The van der Waals surface area contributed by atoms with Gasteiger partial charge in [-0.3, -0.25) is 0 Å². The molecule has 3 aliphatic rings. The SMILES string of the molecule is CC(C(=C1C=CC=C1)C(C)C1CCCCC1)C1CCCCC1. The van der Waals surface area contributed by atoms with Gasteiger partial charge in [-0.15, -0.1) is 0 Å². The van der Waals surface area contributed by atoms with E-state index in [1.165, 1.54) is 64.2 Å². The molecule has 0 amide bonds. The molecule has 122 valence electrons. The predicted molar refractivity (Wildman–Crippen MR) is 96.8 cm³/mol. The lowest BCUT2D eigenvalue weighted by Gasteiger charge is -2.37. The van der Waals surface area contributed by atoms with Crippen LogP contribution in [0.5, 0.6) is 0 Å². The molecule has 0 spiro atoms. The van der Waals surface area contributed by atoms with E-state index in [1.807, 2.05) is 0 Å². The zero-order valence-electron chi connectivity index (χ0n) is 14.7. The van der Waals surface area contributed by atoms with E-state index < -0.39 is 0 Å². The average Bonchev–Trinajstić information content (AvgIpc) is 3.10. The highest BCUT2D eigenvalue weighted by molar-refractivity contribution is 5.45. The molecule has 0 nitrogen and oxygen atoms in total. The van der Waals surface area contributed by atoms with Gasteiger partial charge in [0.15, 0.2) is 0 Å². The second-order valence-corrected chi connectivity index (χ2v) is 8.00. The van der Waals surface area contributed by atoms with Gasteiger partial charge in [0.1, 0.15) is 0 Å². The van der Waals surface area contributed by atoms with E-state index in [1.54, 1.807) is 11.1 Å². The van der Waals surface area contributed by atoms with E-state index in [9.17, 15) is 0 Å². The second-order valence-electron chi connectivity index (χ2n) is 8.00. The van der Waals surface area contributed by atoms with Crippen molar-refractivity contribution in [3.63, 3.8) is 0 Å². The molecule has 0 N–H and O–H groups in total. The Morgan fingerprint density at radius 3 is 1.55 bits per heavy atom. The van der Waals surface area contributed by atoms with Crippen LogP contribution in [0.4, 0.5) is 0 Å². The first-order valence-corrected chi connectivity index (χ1v) is 9.86. The van der Waals surface area contributed by atoms with Crippen LogP contribution >= 0.6 is 0 Å². The third-order valence-corrected chi connectivity index (χ3v) is 6.69. The van der Waals surface area contributed by atoms with Crippen molar-refractivity contribution in [3.8, 4) is 0 Å². The minimum atomic E-state index is 0.777. The molecular weight excluding hydrogens is 264 g/mol. The maximum Gasteiger partial charge on any atom is -0.0192 e. The van der Waals surface area contributed by atoms with Gasteiger partial charge in [0.05, 0.1) is 0 Å². The Kier molecular flexibility index (Phi) is 5.61. The van der Waals surface area contributed by atoms with Gasteiger partial charge >= 0.3 is 0 Å². The molecule has 2 fully saturated rings. The highest BCUT2D eigenvalue weighted by Crippen LogP contribution is 2.43. The zero-order chi connectivity index (χ0) is 15.4. The van der Waals surface area contributed by atoms with E-state index >= 15 is 0 Å². The van der Waals surface area contributed by atoms with Crippen LogP contribution in [0.3, 0.4) is 0 Å². The second kappa shape index (κ2) is 7.66. The van der Waals surface area contributed by atoms with E-state index in [0.29, 0.717) is 0 Å². The minimum Gasteiger partial charge on any atom is -0.0617 e. The molecule has 0 aromatic rings. The van der Waals surface area contributed by atoms with Crippen LogP contribution < -0.4 is 0 Å². The first-order valence-electron chi connectivity index (χ1n) is 9.86. The lowest BCUT2D eigenvalue weighted by molar-refractivity contribution is 0.237. The van der Waals surface area contributed by atoms with Crippen molar-refractivity contribution in [1.29, 1.82) is 0 Å². The first-order chi connectivity index (χ1) is 10.8. The first kappa shape index (κ1) is 16.1. The Bertz CT molecular complexity index is 399. The average molecular weight is 299 g/mol. The number of allylic oxidation sites excluding steroid dienone is 6. The quantitative estimate of drug-likeness (QED) is 0.533. The molecule has 3 aliphatic carbocycles. The summed E-state index contributed by atoms with van der Waals surface area (Å²) in [4.78, 5) is 0. The summed E-state index contributed by atoms with van der Waals surface area (Å²) in [6, 6.07) is 0. The number of hydrogen-bond acceptors (Lipinski definition) is 0. The summed E-state index contributed by atoms with van der Waals surface area (Å²) in [6.07, 6.45) is 23.8. The largest absolute Gasteiger partial charge is 0.0617 e. The van der Waals surface area contributed by atoms with Crippen LogP contribution in [-0.4, -0.2) is 0 Å². The molecule has 2 unspecified atom stereocenters. The van der Waals surface area contributed by atoms with Gasteiger partial charge in [-0.2, -0.15) is 0 Å². The van der Waals surface area contributed by atoms with Crippen LogP contribution in [0.15, 0.2) is 35.5 Å². The molecule has 22 heavy (non-hydrogen) atoms. The van der Waals surface area contributed by atoms with Gasteiger partial charge < -0.3 is 0 Å². The predicted octanol–water partition coefficient (Wildman–Crippen LogP) is 6.84. The third-order valence-electron chi connectivity index (χ3n) is 6.69. The topological polar surface area (TPSA) is 0 Å². The Morgan fingerprint density at radius 1 is 0.727 bits per heavy atom. The lowest BCUT2D eigenvalue weighted by atomic mass is 9.68. The summed E-state index contributed by atoms with van der Waals surface area (Å²) < 4.78 is 0. The summed E-state index contributed by atoms with van der Waals surface area (Å²) in [6.45, 7) is 5.08. The van der Waals surface area contributed by atoms with Crippen molar-refractivity contribution >= 4 is 0 Å². The van der Waals surface area contributed by atoms with Gasteiger partial charge in [-0.1, -0.05) is 82.2 Å². The van der Waals surface area contributed by atoms with Gasteiger partial charge in [0.2, 0.25) is 0 Å². The van der Waals surface area contributed by atoms with Crippen LogP contribution in [0.25, 0.3) is 0 Å². The van der Waals surface area contributed by atoms with Gasteiger partial charge in [-0.05, 0) is 54.9 Å². The van der Waals surface area contributed by atoms with Crippen molar-refractivity contribution in [2.45, 2.75) is 78.1 Å². The Hall–Kier alpha value is -0.780. The van der Waals surface area contributed by atoms with E-state index in [4.69, 9.17) is 0 Å². The molecular formula is C22H34. The fraction of sp³-hybridized carbons (Fsp3) is 0.727. The van der Waals surface area contributed by atoms with Crippen molar-refractivity contribution in [1.82, 2.24) is 0 Å². The van der Waals surface area contributed by atoms with Gasteiger partial charge in [0.25, 0.3) is 0 Å². The van der Waals surface area contributed by atoms with Gasteiger partial charge in [0, 0.05) is 0 Å². The fourth-order valence-electron chi connectivity index (χ4n) is 5.28. The van der Waals surface area contributed by atoms with E-state index in [-0.39, 0.29) is 0 Å². The van der Waals surface area contributed by atoms with E-state index in [2.05, 4.69) is 38.2 Å². The summed E-state index contributed by atoms with van der Waals surface area (Å²) in [5.41, 5.74) is 3.35. The van der Waals surface area contributed by atoms with Crippen molar-refractivity contribution in [2.75, 3.05) is 0 Å². The van der Waals surface area contributed by atoms with Crippen LogP contribution in [-0.2, 0) is 0 Å². The zero-order valence-corrected chi connectivity index (χ0v) is 14.7. The number of rotatable bonds is 4. The monoisotopic (exact) mass is 298 g/mol. The normalized spacial score (nSPS) is 26.4. The standard InChI is InChI=1S/C22H34/c1-17(19-11-5-3-6-12-19)22(21-15-9-10-16-21)18(2)20-13-7-4-8-14-20/h9-10,15-20H,3-8,11-14H2,1-2H3. The van der Waals surface area contributed by atoms with Crippen molar-refractivity contribution in [3.05, 3.63) is 35.5 Å². The maximum atomic E-state index is 2.54. The third kappa shape index (κ3) is 3.58. The molecule has 0 aromatic carbocycles. The Balaban J connectivity index is 1.82. The van der Waals surface area contributed by atoms with Crippen molar-refractivity contribution < 1.29 is 0 Å². The Labute approximate surface area is 137 Å². The molecule has 0 aliphatic heterocycles.